The van der Waals surface area contributed by atoms with Gasteiger partial charge >= 0.3 is 0 Å². The van der Waals surface area contributed by atoms with Gasteiger partial charge in [-0.05, 0) is 62.3 Å². The molecule has 0 spiro atoms. The van der Waals surface area contributed by atoms with Crippen LogP contribution < -0.4 is 10.1 Å². The van der Waals surface area contributed by atoms with Gasteiger partial charge < -0.3 is 15.2 Å². The van der Waals surface area contributed by atoms with Crippen molar-refractivity contribution in [2.45, 2.75) is 39.7 Å². The Balaban J connectivity index is 1.66. The largest absolute Gasteiger partial charge is 0.491 e. The van der Waals surface area contributed by atoms with E-state index in [9.17, 15) is 5.11 Å². The Morgan fingerprint density at radius 3 is 2.75 bits per heavy atom. The number of aliphatic hydroxyl groups excluding tert-OH is 1. The predicted octanol–water partition coefficient (Wildman–Crippen LogP) is 2.68. The van der Waals surface area contributed by atoms with Gasteiger partial charge in [0, 0.05) is 6.54 Å². The molecule has 1 aliphatic carbocycles. The first-order valence-electron chi connectivity index (χ1n) is 7.65. The molecule has 0 aromatic heterocycles. The Morgan fingerprint density at radius 2 is 2.05 bits per heavy atom. The summed E-state index contributed by atoms with van der Waals surface area (Å²) in [5.74, 6) is 2.50. The maximum atomic E-state index is 9.95. The molecule has 112 valence electrons. The average Bonchev–Trinajstić information content (AvgIpc) is 3.24. The van der Waals surface area contributed by atoms with E-state index in [4.69, 9.17) is 4.74 Å². The Bertz CT molecular complexity index is 429. The summed E-state index contributed by atoms with van der Waals surface area (Å²) in [6, 6.07) is 6.14. The van der Waals surface area contributed by atoms with E-state index < -0.39 is 6.10 Å². The Hall–Kier alpha value is -1.06. The fourth-order valence-corrected chi connectivity index (χ4v) is 2.42. The van der Waals surface area contributed by atoms with Crippen LogP contribution in [0.2, 0.25) is 0 Å². The van der Waals surface area contributed by atoms with Gasteiger partial charge in [0.2, 0.25) is 0 Å². The zero-order valence-electron chi connectivity index (χ0n) is 12.9. The summed E-state index contributed by atoms with van der Waals surface area (Å²) < 4.78 is 5.71. The molecule has 2 atom stereocenters. The fraction of sp³-hybridized carbons (Fsp3) is 0.647. The Labute approximate surface area is 122 Å². The fourth-order valence-electron chi connectivity index (χ4n) is 2.42. The van der Waals surface area contributed by atoms with Crippen molar-refractivity contribution in [1.29, 1.82) is 0 Å². The summed E-state index contributed by atoms with van der Waals surface area (Å²) in [5, 5.41) is 13.3. The van der Waals surface area contributed by atoms with Crippen LogP contribution in [0.4, 0.5) is 0 Å². The first-order valence-corrected chi connectivity index (χ1v) is 7.65. The molecule has 1 aromatic carbocycles. The molecule has 3 heteroatoms. The summed E-state index contributed by atoms with van der Waals surface area (Å²) in [6.45, 7) is 8.28. The van der Waals surface area contributed by atoms with Crippen molar-refractivity contribution in [2.75, 3.05) is 19.7 Å². The molecule has 0 aliphatic heterocycles. The monoisotopic (exact) mass is 277 g/mol. The third-order valence-electron chi connectivity index (χ3n) is 4.05. The van der Waals surface area contributed by atoms with Gasteiger partial charge in [0.1, 0.15) is 18.5 Å². The third kappa shape index (κ3) is 4.80. The van der Waals surface area contributed by atoms with Crippen LogP contribution in [-0.2, 0) is 0 Å². The summed E-state index contributed by atoms with van der Waals surface area (Å²) >= 11 is 0. The molecule has 2 rings (SSSR count). The lowest BCUT2D eigenvalue weighted by molar-refractivity contribution is 0.105. The number of hydrogen-bond acceptors (Lipinski definition) is 3. The van der Waals surface area contributed by atoms with Crippen molar-refractivity contribution >= 4 is 0 Å². The first-order chi connectivity index (χ1) is 9.56. The normalized spacial score (nSPS) is 17.8. The predicted molar refractivity (Wildman–Crippen MR) is 82.2 cm³/mol. The van der Waals surface area contributed by atoms with Crippen LogP contribution in [0.3, 0.4) is 0 Å². The van der Waals surface area contributed by atoms with Gasteiger partial charge in [0.15, 0.2) is 0 Å². The summed E-state index contributed by atoms with van der Waals surface area (Å²) in [7, 11) is 0. The SMILES string of the molecule is Cc1ccc(C)c(OCC(O)CNCC(C)C2CC2)c1. The molecule has 1 saturated carbocycles. The summed E-state index contributed by atoms with van der Waals surface area (Å²) in [4.78, 5) is 0. The van der Waals surface area contributed by atoms with Crippen molar-refractivity contribution in [3.8, 4) is 5.75 Å². The molecule has 1 aliphatic rings. The van der Waals surface area contributed by atoms with E-state index in [1.807, 2.05) is 26.0 Å². The molecule has 1 fully saturated rings. The van der Waals surface area contributed by atoms with Gasteiger partial charge in [-0.15, -0.1) is 0 Å². The minimum atomic E-state index is -0.457. The number of aliphatic hydroxyl groups is 1. The maximum Gasteiger partial charge on any atom is 0.122 e. The highest BCUT2D eigenvalue weighted by atomic mass is 16.5. The van der Waals surface area contributed by atoms with Crippen molar-refractivity contribution in [2.24, 2.45) is 11.8 Å². The number of benzene rings is 1. The van der Waals surface area contributed by atoms with Crippen LogP contribution in [0.25, 0.3) is 0 Å². The van der Waals surface area contributed by atoms with Crippen molar-refractivity contribution in [3.63, 3.8) is 0 Å². The molecular weight excluding hydrogens is 250 g/mol. The molecule has 0 amide bonds. The van der Waals surface area contributed by atoms with Crippen LogP contribution in [-0.4, -0.2) is 30.9 Å². The summed E-state index contributed by atoms with van der Waals surface area (Å²) in [5.41, 5.74) is 2.29. The van der Waals surface area contributed by atoms with E-state index in [-0.39, 0.29) is 0 Å². The van der Waals surface area contributed by atoms with Gasteiger partial charge in [0.05, 0.1) is 0 Å². The second-order valence-electron chi connectivity index (χ2n) is 6.21. The Kier molecular flexibility index (Phi) is 5.44. The van der Waals surface area contributed by atoms with Gasteiger partial charge in [-0.2, -0.15) is 0 Å². The van der Waals surface area contributed by atoms with Gasteiger partial charge in [-0.1, -0.05) is 19.1 Å². The first kappa shape index (κ1) is 15.3. The van der Waals surface area contributed by atoms with E-state index in [0.717, 1.165) is 29.7 Å². The van der Waals surface area contributed by atoms with Crippen molar-refractivity contribution < 1.29 is 9.84 Å². The van der Waals surface area contributed by atoms with E-state index in [1.165, 1.54) is 18.4 Å². The quantitative estimate of drug-likeness (QED) is 0.767. The zero-order chi connectivity index (χ0) is 14.5. The van der Waals surface area contributed by atoms with E-state index in [1.54, 1.807) is 0 Å². The molecule has 2 unspecified atom stereocenters. The van der Waals surface area contributed by atoms with Gasteiger partial charge in [0.25, 0.3) is 0 Å². The highest BCUT2D eigenvalue weighted by Crippen LogP contribution is 2.36. The van der Waals surface area contributed by atoms with E-state index >= 15 is 0 Å². The minimum Gasteiger partial charge on any atom is -0.491 e. The Morgan fingerprint density at radius 1 is 1.30 bits per heavy atom. The van der Waals surface area contributed by atoms with Crippen LogP contribution in [0.1, 0.15) is 30.9 Å². The molecule has 1 aromatic rings. The van der Waals surface area contributed by atoms with Crippen LogP contribution >= 0.6 is 0 Å². The number of hydrogen-bond donors (Lipinski definition) is 2. The van der Waals surface area contributed by atoms with E-state index in [0.29, 0.717) is 13.2 Å². The maximum absolute atomic E-state index is 9.95. The highest BCUT2D eigenvalue weighted by molar-refractivity contribution is 5.35. The number of rotatable bonds is 8. The molecule has 20 heavy (non-hydrogen) atoms. The van der Waals surface area contributed by atoms with Crippen molar-refractivity contribution in [3.05, 3.63) is 29.3 Å². The topological polar surface area (TPSA) is 41.5 Å². The average molecular weight is 277 g/mol. The number of aryl methyl sites for hydroxylation is 2. The summed E-state index contributed by atoms with van der Waals surface area (Å²) in [6.07, 6.45) is 2.30. The minimum absolute atomic E-state index is 0.342. The van der Waals surface area contributed by atoms with Crippen molar-refractivity contribution in [1.82, 2.24) is 5.32 Å². The molecule has 2 N–H and O–H groups in total. The van der Waals surface area contributed by atoms with Gasteiger partial charge in [-0.3, -0.25) is 0 Å². The third-order valence-corrected chi connectivity index (χ3v) is 4.05. The zero-order valence-corrected chi connectivity index (χ0v) is 12.9. The van der Waals surface area contributed by atoms with Gasteiger partial charge in [-0.25, -0.2) is 0 Å². The molecule has 3 nitrogen and oxygen atoms in total. The highest BCUT2D eigenvalue weighted by Gasteiger charge is 2.27. The molecule has 0 bridgehead atoms. The number of ether oxygens (including phenoxy) is 1. The lowest BCUT2D eigenvalue weighted by atomic mass is 10.1. The smallest absolute Gasteiger partial charge is 0.122 e. The lowest BCUT2D eigenvalue weighted by Gasteiger charge is -2.16. The number of nitrogens with one attached hydrogen (secondary N) is 1. The van der Waals surface area contributed by atoms with Crippen LogP contribution in [0, 0.1) is 25.7 Å². The lowest BCUT2D eigenvalue weighted by Crippen LogP contribution is -2.34. The molecule has 0 heterocycles. The second kappa shape index (κ2) is 7.09. The molecule has 0 radical (unpaired) electrons. The standard InChI is InChI=1S/C17H27NO2/c1-12-4-5-13(2)17(8-12)20-11-16(19)10-18-9-14(3)15-6-7-15/h4-5,8,14-16,18-19H,6-7,9-11H2,1-3H3. The van der Waals surface area contributed by atoms with Crippen LogP contribution in [0.5, 0.6) is 5.75 Å². The van der Waals surface area contributed by atoms with E-state index in [2.05, 4.69) is 18.3 Å². The molecule has 0 saturated heterocycles. The molecular formula is C17H27NO2. The van der Waals surface area contributed by atoms with Crippen LogP contribution in [0.15, 0.2) is 18.2 Å². The second-order valence-corrected chi connectivity index (χ2v) is 6.21.